The first-order valence-corrected chi connectivity index (χ1v) is 11.2. The summed E-state index contributed by atoms with van der Waals surface area (Å²) in [4.78, 5) is 0. The fraction of sp³-hybridized carbons (Fsp3) is 0.0345. The molecule has 5 aromatic carbocycles. The molecule has 32 heavy (non-hydrogen) atoms. The van der Waals surface area contributed by atoms with Crippen molar-refractivity contribution in [3.63, 3.8) is 0 Å². The van der Waals surface area contributed by atoms with Crippen LogP contribution in [0.5, 0.6) is 11.5 Å². The first-order valence-electron chi connectivity index (χ1n) is 11.2. The fourth-order valence-corrected chi connectivity index (χ4v) is 6.03. The lowest BCUT2D eigenvalue weighted by Gasteiger charge is -2.33. The molecule has 0 bridgehead atoms. The SMILES string of the molecule is Cc1ccc2c3cccc4c3n(c2c1)-c1cccc2c1B4c1c(ccc3ccccc13)O2. The molecule has 0 radical (unpaired) electrons. The van der Waals surface area contributed by atoms with Crippen molar-refractivity contribution in [3.05, 3.63) is 96.6 Å². The molecule has 148 valence electrons. The number of aromatic nitrogens is 1. The Labute approximate surface area is 185 Å². The smallest absolute Gasteiger partial charge is 0.257 e. The lowest BCUT2D eigenvalue weighted by molar-refractivity contribution is 0.488. The molecule has 0 atom stereocenters. The Morgan fingerprint density at radius 2 is 1.53 bits per heavy atom. The van der Waals surface area contributed by atoms with Gasteiger partial charge in [0.25, 0.3) is 6.71 Å². The van der Waals surface area contributed by atoms with Crippen LogP contribution in [0.1, 0.15) is 5.56 Å². The largest absolute Gasteiger partial charge is 0.458 e. The molecule has 0 spiro atoms. The summed E-state index contributed by atoms with van der Waals surface area (Å²) in [5.41, 5.74) is 9.01. The van der Waals surface area contributed by atoms with Crippen molar-refractivity contribution >= 4 is 55.7 Å². The molecule has 2 aliphatic rings. The molecule has 3 heterocycles. The second kappa shape index (κ2) is 5.63. The summed E-state index contributed by atoms with van der Waals surface area (Å²) < 4.78 is 9.00. The molecule has 0 unspecified atom stereocenters. The standard InChI is InChI=1S/C29H18BNO/c1-17-12-14-20-21-8-4-9-22-29(21)31(24(20)16-17)23-10-5-11-25-28(23)30(22)27-19-7-3-2-6-18(19)13-15-26(27)32-25/h2-16H,1H3. The van der Waals surface area contributed by atoms with Gasteiger partial charge < -0.3 is 9.30 Å². The highest BCUT2D eigenvalue weighted by Crippen LogP contribution is 2.38. The second-order valence-corrected chi connectivity index (χ2v) is 9.02. The van der Waals surface area contributed by atoms with Crippen LogP contribution < -0.4 is 21.1 Å². The molecule has 2 aliphatic heterocycles. The predicted octanol–water partition coefficient (Wildman–Crippen LogP) is 5.18. The van der Waals surface area contributed by atoms with Crippen LogP contribution in [0.4, 0.5) is 0 Å². The Morgan fingerprint density at radius 3 is 2.50 bits per heavy atom. The zero-order valence-corrected chi connectivity index (χ0v) is 17.6. The molecule has 0 amide bonds. The minimum Gasteiger partial charge on any atom is -0.458 e. The zero-order valence-electron chi connectivity index (χ0n) is 17.6. The molecule has 3 heteroatoms. The van der Waals surface area contributed by atoms with Gasteiger partial charge in [-0.1, -0.05) is 66.7 Å². The lowest BCUT2D eigenvalue weighted by atomic mass is 9.34. The average Bonchev–Trinajstić information content (AvgIpc) is 3.16. The van der Waals surface area contributed by atoms with Crippen LogP contribution in [-0.2, 0) is 0 Å². The van der Waals surface area contributed by atoms with E-state index < -0.39 is 0 Å². The van der Waals surface area contributed by atoms with Crippen molar-refractivity contribution in [2.24, 2.45) is 0 Å². The van der Waals surface area contributed by atoms with Gasteiger partial charge in [-0.25, -0.2) is 0 Å². The van der Waals surface area contributed by atoms with Crippen LogP contribution in [-0.4, -0.2) is 11.3 Å². The molecule has 0 fully saturated rings. The summed E-state index contributed by atoms with van der Waals surface area (Å²) in [7, 11) is 0. The summed E-state index contributed by atoms with van der Waals surface area (Å²) >= 11 is 0. The van der Waals surface area contributed by atoms with Gasteiger partial charge in [-0.05, 0) is 63.9 Å². The van der Waals surface area contributed by atoms with Crippen molar-refractivity contribution < 1.29 is 4.74 Å². The third kappa shape index (κ3) is 1.88. The molecule has 0 aliphatic carbocycles. The molecule has 0 N–H and O–H groups in total. The second-order valence-electron chi connectivity index (χ2n) is 9.02. The van der Waals surface area contributed by atoms with Crippen LogP contribution in [0, 0.1) is 6.92 Å². The van der Waals surface area contributed by atoms with Gasteiger partial charge >= 0.3 is 0 Å². The summed E-state index contributed by atoms with van der Waals surface area (Å²) in [5, 5.41) is 5.15. The van der Waals surface area contributed by atoms with E-state index in [1.165, 1.54) is 60.2 Å². The molecule has 6 aromatic rings. The Balaban J connectivity index is 1.62. The molecular formula is C29H18BNO. The minimum absolute atomic E-state index is 0.151. The van der Waals surface area contributed by atoms with E-state index in [-0.39, 0.29) is 6.71 Å². The maximum absolute atomic E-state index is 6.54. The highest BCUT2D eigenvalue weighted by molar-refractivity contribution is 7.00. The summed E-state index contributed by atoms with van der Waals surface area (Å²) in [6, 6.07) is 33.1. The number of para-hydroxylation sites is 1. The number of hydrogen-bond donors (Lipinski definition) is 0. The fourth-order valence-electron chi connectivity index (χ4n) is 6.03. The number of rotatable bonds is 0. The van der Waals surface area contributed by atoms with Crippen molar-refractivity contribution in [2.75, 3.05) is 0 Å². The van der Waals surface area contributed by atoms with Gasteiger partial charge in [0.15, 0.2) is 0 Å². The highest BCUT2D eigenvalue weighted by atomic mass is 16.5. The van der Waals surface area contributed by atoms with Crippen molar-refractivity contribution in [2.45, 2.75) is 6.92 Å². The number of benzene rings is 5. The summed E-state index contributed by atoms with van der Waals surface area (Å²) in [6.07, 6.45) is 0. The van der Waals surface area contributed by atoms with Gasteiger partial charge in [0.1, 0.15) is 11.5 Å². The van der Waals surface area contributed by atoms with Crippen molar-refractivity contribution in [1.82, 2.24) is 4.57 Å². The Hall–Kier alpha value is -3.98. The van der Waals surface area contributed by atoms with E-state index in [4.69, 9.17) is 4.74 Å². The van der Waals surface area contributed by atoms with Gasteiger partial charge in [-0.3, -0.25) is 0 Å². The molecular weight excluding hydrogens is 389 g/mol. The lowest BCUT2D eigenvalue weighted by Crippen LogP contribution is -2.58. The van der Waals surface area contributed by atoms with E-state index in [1.54, 1.807) is 0 Å². The molecule has 1 aromatic heterocycles. The molecule has 0 saturated heterocycles. The van der Waals surface area contributed by atoms with Gasteiger partial charge in [0, 0.05) is 22.0 Å². The van der Waals surface area contributed by atoms with Crippen molar-refractivity contribution in [3.8, 4) is 17.2 Å². The Kier molecular flexibility index (Phi) is 2.93. The van der Waals surface area contributed by atoms with E-state index in [0.29, 0.717) is 0 Å². The molecule has 2 nitrogen and oxygen atoms in total. The van der Waals surface area contributed by atoms with Crippen LogP contribution >= 0.6 is 0 Å². The highest BCUT2D eigenvalue weighted by Gasteiger charge is 2.40. The van der Waals surface area contributed by atoms with Crippen LogP contribution in [0.3, 0.4) is 0 Å². The van der Waals surface area contributed by atoms with E-state index >= 15 is 0 Å². The number of nitrogens with zero attached hydrogens (tertiary/aromatic N) is 1. The minimum atomic E-state index is 0.151. The van der Waals surface area contributed by atoms with E-state index in [0.717, 1.165) is 11.5 Å². The normalized spacial score (nSPS) is 13.3. The van der Waals surface area contributed by atoms with Gasteiger partial charge in [-0.2, -0.15) is 0 Å². The number of aryl methyl sites for hydroxylation is 1. The Morgan fingerprint density at radius 1 is 0.688 bits per heavy atom. The van der Waals surface area contributed by atoms with Crippen LogP contribution in [0.25, 0.3) is 38.3 Å². The van der Waals surface area contributed by atoms with Gasteiger partial charge in [-0.15, -0.1) is 0 Å². The first kappa shape index (κ1) is 16.7. The quantitative estimate of drug-likeness (QED) is 0.316. The number of ether oxygens (including phenoxy) is 1. The first-order chi connectivity index (χ1) is 15.8. The third-order valence-electron chi connectivity index (χ3n) is 7.30. The maximum Gasteiger partial charge on any atom is 0.257 e. The van der Waals surface area contributed by atoms with E-state index in [2.05, 4.69) is 102 Å². The average molecular weight is 407 g/mol. The maximum atomic E-state index is 6.54. The zero-order chi connectivity index (χ0) is 21.0. The number of fused-ring (bicyclic) bond motifs is 9. The summed E-state index contributed by atoms with van der Waals surface area (Å²) in [6.45, 7) is 2.32. The third-order valence-corrected chi connectivity index (χ3v) is 7.30. The van der Waals surface area contributed by atoms with E-state index in [9.17, 15) is 0 Å². The van der Waals surface area contributed by atoms with Gasteiger partial charge in [0.05, 0.1) is 5.52 Å². The summed E-state index contributed by atoms with van der Waals surface area (Å²) in [5.74, 6) is 1.93. The molecule has 8 rings (SSSR count). The van der Waals surface area contributed by atoms with Crippen molar-refractivity contribution in [1.29, 1.82) is 0 Å². The van der Waals surface area contributed by atoms with Gasteiger partial charge in [0.2, 0.25) is 0 Å². The van der Waals surface area contributed by atoms with E-state index in [1.807, 2.05) is 0 Å². The molecule has 0 saturated carbocycles. The monoisotopic (exact) mass is 407 g/mol. The van der Waals surface area contributed by atoms with Crippen LogP contribution in [0.15, 0.2) is 91.0 Å². The topological polar surface area (TPSA) is 14.2 Å². The Bertz CT molecular complexity index is 1780. The predicted molar refractivity (Wildman–Crippen MR) is 134 cm³/mol. The van der Waals surface area contributed by atoms with Crippen LogP contribution in [0.2, 0.25) is 0 Å². The number of hydrogen-bond acceptors (Lipinski definition) is 1.